The number of sulfonamides is 1. The highest BCUT2D eigenvalue weighted by molar-refractivity contribution is 7.90. The van der Waals surface area contributed by atoms with Crippen LogP contribution in [-0.2, 0) is 26.5 Å². The summed E-state index contributed by atoms with van der Waals surface area (Å²) in [5.74, 6) is 0. The molecule has 0 aliphatic carbocycles. The highest BCUT2D eigenvalue weighted by atomic mass is 32.2. The lowest BCUT2D eigenvalue weighted by molar-refractivity contribution is 0.399. The number of hydrogen-bond acceptors (Lipinski definition) is 6. The summed E-state index contributed by atoms with van der Waals surface area (Å²) in [6, 6.07) is 13.3. The van der Waals surface area contributed by atoms with E-state index in [0.717, 1.165) is 40.9 Å². The van der Waals surface area contributed by atoms with Crippen LogP contribution in [0.5, 0.6) is 0 Å². The third-order valence-electron chi connectivity index (χ3n) is 5.62. The third-order valence-corrected chi connectivity index (χ3v) is 9.07. The van der Waals surface area contributed by atoms with Gasteiger partial charge in [-0.25, -0.2) is 8.42 Å². The fourth-order valence-electron chi connectivity index (χ4n) is 3.50. The monoisotopic (exact) mass is 504 g/mol. The van der Waals surface area contributed by atoms with Gasteiger partial charge in [-0.15, -0.1) is 9.19 Å². The Morgan fingerprint density at radius 3 is 1.97 bits per heavy atom. The van der Waals surface area contributed by atoms with E-state index in [1.807, 2.05) is 13.8 Å². The van der Waals surface area contributed by atoms with Crippen molar-refractivity contribution in [1.29, 1.82) is 0 Å². The van der Waals surface area contributed by atoms with E-state index in [-0.39, 0.29) is 22.8 Å². The van der Waals surface area contributed by atoms with Gasteiger partial charge >= 0.3 is 0 Å². The van der Waals surface area contributed by atoms with Crippen LogP contribution in [0.1, 0.15) is 49.4 Å². The van der Waals surface area contributed by atoms with E-state index in [0.29, 0.717) is 12.2 Å². The van der Waals surface area contributed by atoms with Crippen molar-refractivity contribution in [3.8, 4) is 0 Å². The van der Waals surface area contributed by atoms with Crippen molar-refractivity contribution in [2.24, 2.45) is 0 Å². The van der Waals surface area contributed by atoms with Gasteiger partial charge < -0.3 is 0 Å². The predicted octanol–water partition coefficient (Wildman–Crippen LogP) is 3.95. The van der Waals surface area contributed by atoms with E-state index < -0.39 is 20.0 Å². The van der Waals surface area contributed by atoms with Gasteiger partial charge in [-0.2, -0.15) is 12.7 Å². The molecule has 0 N–H and O–H groups in total. The Labute approximate surface area is 202 Å². The molecule has 2 aromatic carbocycles. The molecule has 0 amide bonds. The molecule has 3 aromatic rings. The van der Waals surface area contributed by atoms with Gasteiger partial charge in [-0.1, -0.05) is 66.8 Å². The van der Waals surface area contributed by atoms with E-state index in [1.165, 1.54) is 22.6 Å². The molecular formula is C24H32N4O4S2. The van der Waals surface area contributed by atoms with Crippen molar-refractivity contribution in [2.45, 2.75) is 62.7 Å². The summed E-state index contributed by atoms with van der Waals surface area (Å²) in [5.41, 5.74) is 2.35. The van der Waals surface area contributed by atoms with Gasteiger partial charge in [0.15, 0.2) is 0 Å². The van der Waals surface area contributed by atoms with Gasteiger partial charge in [0.05, 0.1) is 21.7 Å². The number of benzene rings is 2. The van der Waals surface area contributed by atoms with E-state index in [1.54, 1.807) is 36.4 Å². The van der Waals surface area contributed by atoms with Gasteiger partial charge in [-0.05, 0) is 44.5 Å². The highest BCUT2D eigenvalue weighted by Gasteiger charge is 2.25. The summed E-state index contributed by atoms with van der Waals surface area (Å²) in [6.07, 6.45) is 5.41. The second-order valence-electron chi connectivity index (χ2n) is 8.43. The second kappa shape index (κ2) is 11.2. The first-order chi connectivity index (χ1) is 16.1. The van der Waals surface area contributed by atoms with Crippen molar-refractivity contribution in [1.82, 2.24) is 18.7 Å². The molecule has 0 bridgehead atoms. The van der Waals surface area contributed by atoms with Crippen LogP contribution in [0, 0.1) is 13.8 Å². The molecular weight excluding hydrogens is 472 g/mol. The quantitative estimate of drug-likeness (QED) is 0.346. The first-order valence-electron chi connectivity index (χ1n) is 11.4. The third kappa shape index (κ3) is 6.31. The largest absolute Gasteiger partial charge is 0.284 e. The lowest BCUT2D eigenvalue weighted by atomic mass is 10.2. The number of hydrogen-bond donors (Lipinski definition) is 0. The van der Waals surface area contributed by atoms with E-state index in [4.69, 9.17) is 0 Å². The maximum atomic E-state index is 13.3. The zero-order valence-corrected chi connectivity index (χ0v) is 21.5. The van der Waals surface area contributed by atoms with Crippen LogP contribution in [0.15, 0.2) is 64.5 Å². The molecule has 0 saturated heterocycles. The Morgan fingerprint density at radius 2 is 1.38 bits per heavy atom. The topological polar surface area (TPSA) is 102 Å². The Morgan fingerprint density at radius 1 is 0.794 bits per heavy atom. The van der Waals surface area contributed by atoms with Crippen LogP contribution in [0.2, 0.25) is 0 Å². The SMILES string of the molecule is CCCCCCN(CCc1cn(S(=O)(=O)c2ccc(C)cc2)nn1)S(=O)(=O)c1ccc(C)cc1. The lowest BCUT2D eigenvalue weighted by Crippen LogP contribution is -2.34. The van der Waals surface area contributed by atoms with Gasteiger partial charge in [-0.3, -0.25) is 0 Å². The average Bonchev–Trinajstić information content (AvgIpc) is 3.29. The maximum Gasteiger partial charge on any atom is 0.284 e. The molecule has 0 unspecified atom stereocenters. The fraction of sp³-hybridized carbons (Fsp3) is 0.417. The van der Waals surface area contributed by atoms with Crippen LogP contribution in [-0.4, -0.2) is 48.6 Å². The van der Waals surface area contributed by atoms with Crippen LogP contribution in [0.4, 0.5) is 0 Å². The molecule has 10 heteroatoms. The molecule has 0 radical (unpaired) electrons. The van der Waals surface area contributed by atoms with Crippen LogP contribution >= 0.6 is 0 Å². The maximum absolute atomic E-state index is 13.3. The minimum atomic E-state index is -3.86. The Hall–Kier alpha value is -2.56. The molecule has 34 heavy (non-hydrogen) atoms. The molecule has 1 aromatic heterocycles. The Balaban J connectivity index is 1.76. The smallest absolute Gasteiger partial charge is 0.207 e. The summed E-state index contributed by atoms with van der Waals surface area (Å²) in [7, 11) is -7.54. The Kier molecular flexibility index (Phi) is 8.62. The zero-order chi connectivity index (χ0) is 24.8. The van der Waals surface area contributed by atoms with Crippen LogP contribution in [0.25, 0.3) is 0 Å². The molecule has 184 valence electrons. The molecule has 0 saturated carbocycles. The summed E-state index contributed by atoms with van der Waals surface area (Å²) >= 11 is 0. The van der Waals surface area contributed by atoms with Crippen molar-refractivity contribution in [2.75, 3.05) is 13.1 Å². The molecule has 1 heterocycles. The summed E-state index contributed by atoms with van der Waals surface area (Å²) < 4.78 is 54.5. The number of aryl methyl sites for hydroxylation is 2. The number of nitrogens with zero attached hydrogens (tertiary/aromatic N) is 4. The standard InChI is InChI=1S/C24H32N4O4S2/c1-4-5-6-7-17-27(33(29,30)23-12-8-20(2)9-13-23)18-16-22-19-28(26-25-22)34(31,32)24-14-10-21(3)11-15-24/h8-15,19H,4-7,16-18H2,1-3H3. The Bertz CT molecular complexity index is 1280. The number of aromatic nitrogens is 3. The van der Waals surface area contributed by atoms with Gasteiger partial charge in [0, 0.05) is 19.5 Å². The minimum absolute atomic E-state index is 0.119. The first-order valence-corrected chi connectivity index (χ1v) is 14.3. The van der Waals surface area contributed by atoms with E-state index in [2.05, 4.69) is 17.2 Å². The second-order valence-corrected chi connectivity index (χ2v) is 12.2. The van der Waals surface area contributed by atoms with Gasteiger partial charge in [0.25, 0.3) is 10.0 Å². The molecule has 0 aliphatic heterocycles. The first kappa shape index (κ1) is 26.1. The van der Waals surface area contributed by atoms with Crippen molar-refractivity contribution in [3.63, 3.8) is 0 Å². The lowest BCUT2D eigenvalue weighted by Gasteiger charge is -2.22. The normalized spacial score (nSPS) is 12.4. The molecule has 3 rings (SSSR count). The predicted molar refractivity (Wildman–Crippen MR) is 132 cm³/mol. The van der Waals surface area contributed by atoms with Crippen LogP contribution in [0.3, 0.4) is 0 Å². The van der Waals surface area contributed by atoms with E-state index >= 15 is 0 Å². The van der Waals surface area contributed by atoms with E-state index in [9.17, 15) is 16.8 Å². The molecule has 0 aliphatic rings. The van der Waals surface area contributed by atoms with Crippen molar-refractivity contribution < 1.29 is 16.8 Å². The van der Waals surface area contributed by atoms with Gasteiger partial charge in [0.1, 0.15) is 0 Å². The summed E-state index contributed by atoms with van der Waals surface area (Å²) in [6.45, 7) is 6.47. The van der Waals surface area contributed by atoms with Crippen molar-refractivity contribution in [3.05, 3.63) is 71.5 Å². The molecule has 0 spiro atoms. The molecule has 0 fully saturated rings. The summed E-state index contributed by atoms with van der Waals surface area (Å²) in [5, 5.41) is 7.78. The zero-order valence-electron chi connectivity index (χ0n) is 19.9. The highest BCUT2D eigenvalue weighted by Crippen LogP contribution is 2.19. The summed E-state index contributed by atoms with van der Waals surface area (Å²) in [4.78, 5) is 0.369. The molecule has 8 nitrogen and oxygen atoms in total. The number of unbranched alkanes of at least 4 members (excludes halogenated alkanes) is 3. The average molecular weight is 505 g/mol. The minimum Gasteiger partial charge on any atom is -0.207 e. The van der Waals surface area contributed by atoms with Gasteiger partial charge in [0.2, 0.25) is 10.0 Å². The fourth-order valence-corrected chi connectivity index (χ4v) is 6.06. The van der Waals surface area contributed by atoms with Crippen LogP contribution < -0.4 is 0 Å². The van der Waals surface area contributed by atoms with Crippen molar-refractivity contribution >= 4 is 20.0 Å². The molecule has 0 atom stereocenters. The number of rotatable bonds is 12.